The van der Waals surface area contributed by atoms with Crippen molar-refractivity contribution in [1.82, 2.24) is 15.8 Å². The number of hydrogen-bond acceptors (Lipinski definition) is 5. The zero-order valence-electron chi connectivity index (χ0n) is 19.1. The van der Waals surface area contributed by atoms with Crippen molar-refractivity contribution >= 4 is 17.6 Å². The maximum Gasteiger partial charge on any atom is 0.416 e. The van der Waals surface area contributed by atoms with Crippen molar-refractivity contribution < 1.29 is 32.2 Å². The number of amides is 3. The Morgan fingerprint density at radius 3 is 2.51 bits per heavy atom. The number of anilines is 1. The fourth-order valence-corrected chi connectivity index (χ4v) is 3.98. The summed E-state index contributed by atoms with van der Waals surface area (Å²) >= 11 is 0. The molecule has 0 saturated carbocycles. The van der Waals surface area contributed by atoms with Gasteiger partial charge in [0.1, 0.15) is 5.75 Å². The van der Waals surface area contributed by atoms with E-state index < -0.39 is 17.8 Å². The van der Waals surface area contributed by atoms with Gasteiger partial charge >= 0.3 is 12.2 Å². The number of carbonyl (C=O) groups excluding carboxylic acids is 2. The lowest BCUT2D eigenvalue weighted by Gasteiger charge is -2.26. The minimum Gasteiger partial charge on any atom is -0.455 e. The zero-order chi connectivity index (χ0) is 24.8. The van der Waals surface area contributed by atoms with Crippen LogP contribution in [0.15, 0.2) is 42.5 Å². The van der Waals surface area contributed by atoms with E-state index in [0.717, 1.165) is 43.1 Å². The Hall–Kier alpha value is -3.31. The summed E-state index contributed by atoms with van der Waals surface area (Å²) in [5.74, 6) is 0.164. The van der Waals surface area contributed by atoms with Gasteiger partial charge in [0.05, 0.1) is 31.0 Å². The molecule has 2 aliphatic rings. The quantitative estimate of drug-likeness (QED) is 0.486. The topological polar surface area (TPSA) is 83.1 Å². The van der Waals surface area contributed by atoms with Crippen molar-refractivity contribution in [3.63, 3.8) is 0 Å². The molecule has 8 nitrogen and oxygen atoms in total. The molecule has 2 N–H and O–H groups in total. The second kappa shape index (κ2) is 11.0. The molecule has 188 valence electrons. The van der Waals surface area contributed by atoms with Crippen molar-refractivity contribution in [3.05, 3.63) is 53.6 Å². The molecule has 0 atom stereocenters. The monoisotopic (exact) mass is 492 g/mol. The van der Waals surface area contributed by atoms with Gasteiger partial charge < -0.3 is 9.47 Å². The third-order valence-corrected chi connectivity index (χ3v) is 5.88. The highest BCUT2D eigenvalue weighted by atomic mass is 19.4. The number of nitrogens with one attached hydrogen (secondary N) is 2. The van der Waals surface area contributed by atoms with Gasteiger partial charge in [-0.05, 0) is 43.7 Å². The highest BCUT2D eigenvalue weighted by Crippen LogP contribution is 2.42. The molecule has 11 heteroatoms. The highest BCUT2D eigenvalue weighted by molar-refractivity contribution is 5.95. The van der Waals surface area contributed by atoms with Crippen LogP contribution in [0.4, 0.5) is 23.7 Å². The molecule has 3 amide bonds. The van der Waals surface area contributed by atoms with Gasteiger partial charge in [-0.2, -0.15) is 13.2 Å². The Labute approximate surface area is 200 Å². The number of rotatable bonds is 5. The van der Waals surface area contributed by atoms with Crippen LogP contribution in [0.2, 0.25) is 0 Å². The largest absolute Gasteiger partial charge is 0.455 e. The van der Waals surface area contributed by atoms with E-state index in [2.05, 4.69) is 15.8 Å². The number of benzene rings is 2. The van der Waals surface area contributed by atoms with Crippen LogP contribution in [-0.4, -0.2) is 49.7 Å². The average Bonchev–Trinajstić information content (AvgIpc) is 3.01. The Bertz CT molecular complexity index is 1060. The summed E-state index contributed by atoms with van der Waals surface area (Å²) in [5.41, 5.74) is 4.34. The molecule has 2 aromatic carbocycles. The molecule has 0 radical (unpaired) electrons. The summed E-state index contributed by atoms with van der Waals surface area (Å²) in [4.78, 5) is 28.6. The fraction of sp³-hybridized carbons (Fsp3) is 0.417. The Morgan fingerprint density at radius 2 is 1.74 bits per heavy atom. The van der Waals surface area contributed by atoms with Crippen LogP contribution in [-0.2, 0) is 22.3 Å². The molecule has 4 rings (SSSR count). The van der Waals surface area contributed by atoms with Crippen molar-refractivity contribution in [2.24, 2.45) is 0 Å². The molecule has 0 unspecified atom stereocenters. The molecular formula is C24H27F3N4O4. The van der Waals surface area contributed by atoms with Crippen LogP contribution in [0.5, 0.6) is 11.5 Å². The standard InChI is InChI=1S/C24H27F3N4O4/c25-24(26,27)18-8-9-21-19(15-18)31(16-17-5-1-2-6-20(17)35-21)23(33)29-28-22(32)7-3-4-10-30-11-13-34-14-12-30/h1-2,5-6,8-9,15H,3-4,7,10-14,16H2,(H,28,32)(H,29,33). The second-order valence-corrected chi connectivity index (χ2v) is 8.37. The van der Waals surface area contributed by atoms with Gasteiger partial charge in [0, 0.05) is 25.1 Å². The fourth-order valence-electron chi connectivity index (χ4n) is 3.98. The highest BCUT2D eigenvalue weighted by Gasteiger charge is 2.34. The van der Waals surface area contributed by atoms with Gasteiger partial charge in [-0.15, -0.1) is 0 Å². The van der Waals surface area contributed by atoms with E-state index in [-0.39, 0.29) is 30.3 Å². The van der Waals surface area contributed by atoms with E-state index in [4.69, 9.17) is 9.47 Å². The van der Waals surface area contributed by atoms with Gasteiger partial charge in [0.15, 0.2) is 5.75 Å². The number of halogens is 3. The number of morpholine rings is 1. The van der Waals surface area contributed by atoms with Gasteiger partial charge in [-0.3, -0.25) is 20.0 Å². The number of urea groups is 1. The normalized spacial score (nSPS) is 15.9. The number of nitrogens with zero attached hydrogens (tertiary/aromatic N) is 2. The first-order chi connectivity index (χ1) is 16.8. The van der Waals surface area contributed by atoms with E-state index in [1.54, 1.807) is 24.3 Å². The summed E-state index contributed by atoms with van der Waals surface area (Å²) in [6, 6.07) is 9.07. The van der Waals surface area contributed by atoms with E-state index >= 15 is 0 Å². The lowest BCUT2D eigenvalue weighted by molar-refractivity contribution is -0.137. The minimum atomic E-state index is -4.59. The number of para-hydroxylation sites is 1. The third-order valence-electron chi connectivity index (χ3n) is 5.88. The molecular weight excluding hydrogens is 465 g/mol. The van der Waals surface area contributed by atoms with Crippen molar-refractivity contribution in [2.45, 2.75) is 32.0 Å². The van der Waals surface area contributed by atoms with Crippen molar-refractivity contribution in [1.29, 1.82) is 0 Å². The number of hydrazine groups is 1. The lowest BCUT2D eigenvalue weighted by atomic mass is 10.1. The Kier molecular flexibility index (Phi) is 7.76. The van der Waals surface area contributed by atoms with Crippen molar-refractivity contribution in [3.8, 4) is 11.5 Å². The number of fused-ring (bicyclic) bond motifs is 2. The lowest BCUT2D eigenvalue weighted by Crippen LogP contribution is -2.48. The van der Waals surface area contributed by atoms with Crippen molar-refractivity contribution in [2.75, 3.05) is 37.7 Å². The summed E-state index contributed by atoms with van der Waals surface area (Å²) in [5, 5.41) is 0. The van der Waals surface area contributed by atoms with Crippen LogP contribution in [0.25, 0.3) is 0 Å². The maximum atomic E-state index is 13.3. The molecule has 0 spiro atoms. The van der Waals surface area contributed by atoms with Gasteiger partial charge in [-0.1, -0.05) is 18.2 Å². The molecule has 0 aliphatic carbocycles. The van der Waals surface area contributed by atoms with Crippen LogP contribution >= 0.6 is 0 Å². The first kappa shape index (κ1) is 24.8. The average molecular weight is 492 g/mol. The molecule has 2 heterocycles. The Balaban J connectivity index is 1.39. The van der Waals surface area contributed by atoms with Gasteiger partial charge in [-0.25, -0.2) is 10.2 Å². The van der Waals surface area contributed by atoms with E-state index in [1.807, 2.05) is 0 Å². The number of carbonyl (C=O) groups is 2. The third kappa shape index (κ3) is 6.43. The SMILES string of the molecule is O=C(CCCCN1CCOCC1)NNC(=O)N1Cc2ccccc2Oc2ccc(C(F)(F)F)cc21. The van der Waals surface area contributed by atoms with Crippen LogP contribution < -0.4 is 20.5 Å². The van der Waals surface area contributed by atoms with Gasteiger partial charge in [0.2, 0.25) is 5.91 Å². The zero-order valence-corrected chi connectivity index (χ0v) is 19.1. The molecule has 1 saturated heterocycles. The first-order valence-corrected chi connectivity index (χ1v) is 11.4. The predicted molar refractivity (Wildman–Crippen MR) is 122 cm³/mol. The molecule has 35 heavy (non-hydrogen) atoms. The summed E-state index contributed by atoms with van der Waals surface area (Å²) in [7, 11) is 0. The number of hydrogen-bond donors (Lipinski definition) is 2. The Morgan fingerprint density at radius 1 is 0.971 bits per heavy atom. The van der Waals surface area contributed by atoms with E-state index in [0.29, 0.717) is 30.9 Å². The minimum absolute atomic E-state index is 0.0360. The predicted octanol–water partition coefficient (Wildman–Crippen LogP) is 4.06. The van der Waals surface area contributed by atoms with Gasteiger partial charge in [0.25, 0.3) is 0 Å². The van der Waals surface area contributed by atoms with E-state index in [9.17, 15) is 22.8 Å². The maximum absolute atomic E-state index is 13.3. The summed E-state index contributed by atoms with van der Waals surface area (Å²) in [6.07, 6.45) is -2.91. The molecule has 0 aromatic heterocycles. The summed E-state index contributed by atoms with van der Waals surface area (Å²) in [6.45, 7) is 4.02. The molecule has 1 fully saturated rings. The smallest absolute Gasteiger partial charge is 0.416 e. The number of ether oxygens (including phenoxy) is 2. The molecule has 2 aromatic rings. The molecule has 0 bridgehead atoms. The summed E-state index contributed by atoms with van der Waals surface area (Å²) < 4.78 is 51.1. The van der Waals surface area contributed by atoms with E-state index in [1.165, 1.54) is 6.07 Å². The van der Waals surface area contributed by atoms with Crippen LogP contribution in [0.1, 0.15) is 30.4 Å². The van der Waals surface area contributed by atoms with Crippen LogP contribution in [0.3, 0.4) is 0 Å². The first-order valence-electron chi connectivity index (χ1n) is 11.4. The van der Waals surface area contributed by atoms with Crippen LogP contribution in [0, 0.1) is 0 Å². The molecule has 2 aliphatic heterocycles. The second-order valence-electron chi connectivity index (χ2n) is 8.37. The number of alkyl halides is 3. The number of unbranched alkanes of at least 4 members (excludes halogenated alkanes) is 1.